The van der Waals surface area contributed by atoms with Crippen molar-refractivity contribution >= 4 is 29.5 Å². The molecule has 0 spiro atoms. The molecule has 1 aliphatic carbocycles. The number of nitrogens with zero attached hydrogens (tertiary/aromatic N) is 1. The van der Waals surface area contributed by atoms with Gasteiger partial charge in [0.15, 0.2) is 0 Å². The number of nitrogens with one attached hydrogen (secondary N) is 1. The summed E-state index contributed by atoms with van der Waals surface area (Å²) in [6.07, 6.45) is 7.08. The number of aliphatic carboxylic acids is 1. The second kappa shape index (κ2) is 6.66. The zero-order valence-electron chi connectivity index (χ0n) is 13.5. The molecule has 2 amide bonds. The number of fused-ring (bicyclic) bond motifs is 1. The molecule has 4 atom stereocenters. The Kier molecular flexibility index (Phi) is 4.72. The lowest BCUT2D eigenvalue weighted by atomic mass is 9.97. The number of aliphatic hydroxyl groups excluding tert-OH is 1. The van der Waals surface area contributed by atoms with Crippen LogP contribution in [0.1, 0.15) is 19.8 Å². The summed E-state index contributed by atoms with van der Waals surface area (Å²) in [6, 6.07) is -1.76. The minimum Gasteiger partial charge on any atom is -0.477 e. The van der Waals surface area contributed by atoms with E-state index in [1.165, 1.54) is 6.92 Å². The van der Waals surface area contributed by atoms with Crippen LogP contribution in [0, 0.1) is 0 Å². The monoisotopic (exact) mass is 365 g/mol. The zero-order valence-corrected chi connectivity index (χ0v) is 14.3. The maximum absolute atomic E-state index is 12.4. The summed E-state index contributed by atoms with van der Waals surface area (Å²) in [4.78, 5) is 37.2. The Morgan fingerprint density at radius 2 is 2.16 bits per heavy atom. The van der Waals surface area contributed by atoms with Gasteiger partial charge in [-0.1, -0.05) is 30.0 Å². The number of aliphatic hydroxyl groups is 1. The third-order valence-electron chi connectivity index (χ3n) is 4.51. The fraction of sp³-hybridized carbons (Fsp3) is 0.438. The van der Waals surface area contributed by atoms with Gasteiger partial charge in [0.1, 0.15) is 28.6 Å². The number of carboxylic acid groups (broad SMARTS) is 1. The first kappa shape index (κ1) is 17.7. The first-order valence-corrected chi connectivity index (χ1v) is 8.77. The van der Waals surface area contributed by atoms with E-state index in [0.29, 0.717) is 12.8 Å². The van der Waals surface area contributed by atoms with Gasteiger partial charge in [0.2, 0.25) is 5.91 Å². The third-order valence-corrected chi connectivity index (χ3v) is 5.89. The van der Waals surface area contributed by atoms with E-state index in [2.05, 4.69) is 5.32 Å². The molecule has 2 heterocycles. The number of hydrogen-bond donors (Lipinski definition) is 4. The standard InChI is InChI=1S/C16H19N3O5S/c1-7-11(15(22)23)19-13(21)10(14(19)25-16(7)24)18-12(20)9(17)8-5-3-2-4-6-8/h2-3,6,9-10,14,16,24H,4-5,17H2,1H3,(H,18,20)(H,22,23)/t9-,10-,14-,16?/m1/s1. The van der Waals surface area contributed by atoms with Crippen molar-refractivity contribution in [1.29, 1.82) is 0 Å². The molecular weight excluding hydrogens is 346 g/mol. The van der Waals surface area contributed by atoms with Crippen LogP contribution in [0.4, 0.5) is 0 Å². The van der Waals surface area contributed by atoms with E-state index < -0.39 is 40.7 Å². The predicted molar refractivity (Wildman–Crippen MR) is 90.9 cm³/mol. The number of rotatable bonds is 4. The van der Waals surface area contributed by atoms with Crippen LogP contribution in [0.5, 0.6) is 0 Å². The van der Waals surface area contributed by atoms with Crippen molar-refractivity contribution in [2.45, 2.75) is 42.7 Å². The van der Waals surface area contributed by atoms with Crippen LogP contribution < -0.4 is 11.1 Å². The van der Waals surface area contributed by atoms with Crippen LogP contribution in [0.15, 0.2) is 35.1 Å². The quantitative estimate of drug-likeness (QED) is 0.396. The molecule has 0 radical (unpaired) electrons. The Morgan fingerprint density at radius 1 is 1.44 bits per heavy atom. The molecular formula is C16H19N3O5S. The van der Waals surface area contributed by atoms with Gasteiger partial charge in [-0.2, -0.15) is 0 Å². The minimum absolute atomic E-state index is 0.211. The average Bonchev–Trinajstić information content (AvgIpc) is 2.61. The molecule has 0 aromatic carbocycles. The van der Waals surface area contributed by atoms with Crippen molar-refractivity contribution < 1.29 is 24.6 Å². The van der Waals surface area contributed by atoms with E-state index >= 15 is 0 Å². The number of amides is 2. The van der Waals surface area contributed by atoms with Crippen molar-refractivity contribution in [3.05, 3.63) is 35.1 Å². The van der Waals surface area contributed by atoms with Crippen molar-refractivity contribution in [2.24, 2.45) is 5.73 Å². The zero-order chi connectivity index (χ0) is 18.3. The molecule has 3 rings (SSSR count). The number of hydrogen-bond acceptors (Lipinski definition) is 6. The Morgan fingerprint density at radius 3 is 2.76 bits per heavy atom. The summed E-state index contributed by atoms with van der Waals surface area (Å²) in [5, 5.41) is 21.3. The highest BCUT2D eigenvalue weighted by Gasteiger charge is 2.55. The highest BCUT2D eigenvalue weighted by Crippen LogP contribution is 2.43. The highest BCUT2D eigenvalue weighted by atomic mass is 32.2. The van der Waals surface area contributed by atoms with Gasteiger partial charge in [-0.3, -0.25) is 14.5 Å². The lowest BCUT2D eigenvalue weighted by molar-refractivity contribution is -0.151. The Labute approximate surface area is 148 Å². The lowest BCUT2D eigenvalue weighted by Crippen LogP contribution is -2.72. The maximum Gasteiger partial charge on any atom is 0.352 e. The first-order chi connectivity index (χ1) is 11.8. The van der Waals surface area contributed by atoms with Crippen LogP contribution in [0.3, 0.4) is 0 Å². The number of carboxylic acids is 1. The van der Waals surface area contributed by atoms with E-state index in [4.69, 9.17) is 5.73 Å². The van der Waals surface area contributed by atoms with Crippen LogP contribution >= 0.6 is 11.8 Å². The summed E-state index contributed by atoms with van der Waals surface area (Å²) < 4.78 is 0. The van der Waals surface area contributed by atoms with Gasteiger partial charge in [0, 0.05) is 0 Å². The maximum atomic E-state index is 12.4. The van der Waals surface area contributed by atoms with E-state index in [-0.39, 0.29) is 11.3 Å². The third kappa shape index (κ3) is 2.99. The van der Waals surface area contributed by atoms with Crippen LogP contribution in [0.2, 0.25) is 0 Å². The summed E-state index contributed by atoms with van der Waals surface area (Å²) in [5.74, 6) is -2.28. The molecule has 0 aromatic heterocycles. The fourth-order valence-electron chi connectivity index (χ4n) is 3.07. The minimum atomic E-state index is -1.28. The molecule has 1 fully saturated rings. The van der Waals surface area contributed by atoms with Gasteiger partial charge < -0.3 is 21.3 Å². The van der Waals surface area contributed by atoms with Gasteiger partial charge in [-0.25, -0.2) is 4.79 Å². The molecule has 8 nitrogen and oxygen atoms in total. The number of carbonyl (C=O) groups excluding carboxylic acids is 2. The van der Waals surface area contributed by atoms with E-state index in [1.807, 2.05) is 18.2 Å². The van der Waals surface area contributed by atoms with Crippen LogP contribution in [-0.2, 0) is 14.4 Å². The van der Waals surface area contributed by atoms with Gasteiger partial charge in [-0.05, 0) is 30.9 Å². The second-order valence-corrected chi connectivity index (χ2v) is 7.28. The summed E-state index contributed by atoms with van der Waals surface area (Å²) in [6.45, 7) is 1.47. The Balaban J connectivity index is 1.72. The molecule has 3 aliphatic rings. The first-order valence-electron chi connectivity index (χ1n) is 7.83. The normalized spacial score (nSPS) is 29.6. The van der Waals surface area contributed by atoms with Gasteiger partial charge >= 0.3 is 5.97 Å². The molecule has 5 N–H and O–H groups in total. The van der Waals surface area contributed by atoms with Crippen LogP contribution in [-0.4, -0.2) is 55.8 Å². The highest BCUT2D eigenvalue weighted by molar-refractivity contribution is 8.00. The fourth-order valence-corrected chi connectivity index (χ4v) is 4.32. The van der Waals surface area contributed by atoms with Gasteiger partial charge in [0.05, 0.1) is 0 Å². The smallest absolute Gasteiger partial charge is 0.352 e. The average molecular weight is 365 g/mol. The van der Waals surface area contributed by atoms with Gasteiger partial charge in [0.25, 0.3) is 5.91 Å². The van der Waals surface area contributed by atoms with Crippen molar-refractivity contribution in [3.8, 4) is 0 Å². The molecule has 0 aromatic rings. The number of β-lactam (4-membered cyclic amide) rings is 1. The van der Waals surface area contributed by atoms with E-state index in [9.17, 15) is 24.6 Å². The molecule has 25 heavy (non-hydrogen) atoms. The molecule has 0 bridgehead atoms. The molecule has 134 valence electrons. The largest absolute Gasteiger partial charge is 0.477 e. The van der Waals surface area contributed by atoms with E-state index in [0.717, 1.165) is 22.2 Å². The summed E-state index contributed by atoms with van der Waals surface area (Å²) in [5.41, 5.74) is 5.68. The van der Waals surface area contributed by atoms with Crippen LogP contribution in [0.25, 0.3) is 0 Å². The second-order valence-electron chi connectivity index (χ2n) is 6.08. The Hall–Kier alpha value is -2.10. The van der Waals surface area contributed by atoms with Crippen molar-refractivity contribution in [3.63, 3.8) is 0 Å². The lowest BCUT2D eigenvalue weighted by Gasteiger charge is -2.50. The number of nitrogens with two attached hydrogens (primary N) is 1. The summed E-state index contributed by atoms with van der Waals surface area (Å²) >= 11 is 1.02. The molecule has 1 unspecified atom stereocenters. The van der Waals surface area contributed by atoms with Crippen molar-refractivity contribution in [2.75, 3.05) is 0 Å². The van der Waals surface area contributed by atoms with Gasteiger partial charge in [-0.15, -0.1) is 0 Å². The number of thioether (sulfide) groups is 1. The molecule has 9 heteroatoms. The molecule has 0 saturated carbocycles. The predicted octanol–water partition coefficient (Wildman–Crippen LogP) is -0.333. The topological polar surface area (TPSA) is 133 Å². The van der Waals surface area contributed by atoms with E-state index in [1.54, 1.807) is 0 Å². The Bertz CT molecular complexity index is 729. The number of allylic oxidation sites excluding steroid dienone is 3. The summed E-state index contributed by atoms with van der Waals surface area (Å²) in [7, 11) is 0. The molecule has 1 saturated heterocycles. The number of carbonyl (C=O) groups is 3. The molecule has 2 aliphatic heterocycles. The van der Waals surface area contributed by atoms with Crippen molar-refractivity contribution in [1.82, 2.24) is 10.2 Å². The SMILES string of the molecule is CC1=C(C(=O)O)N2C(=O)[C@@H](NC(=O)[C@H](N)C3=CCC=CC3)[C@H]2SC1O.